The minimum absolute atomic E-state index is 0.459. The van der Waals surface area contributed by atoms with Crippen LogP contribution in [0.1, 0.15) is 76.0 Å². The first-order valence-corrected chi connectivity index (χ1v) is 8.15. The monoisotopic (exact) mass is 256 g/mol. The average Bonchev–Trinajstić information content (AvgIpc) is 2.38. The quantitative estimate of drug-likeness (QED) is 0.626. The highest BCUT2D eigenvalue weighted by Crippen LogP contribution is 2.52. The first-order chi connectivity index (χ1) is 9.02. The fourth-order valence-electron chi connectivity index (χ4n) is 4.79. The summed E-state index contributed by atoms with van der Waals surface area (Å²) in [7, 11) is 0. The molecule has 3 unspecified atom stereocenters. The van der Waals surface area contributed by atoms with Gasteiger partial charge in [-0.05, 0) is 59.1 Å². The normalized spacial score (nSPS) is 33.9. The van der Waals surface area contributed by atoms with Crippen molar-refractivity contribution < 1.29 is 0 Å². The summed E-state index contributed by atoms with van der Waals surface area (Å²) in [5.74, 6) is 2.48. The van der Waals surface area contributed by atoms with Gasteiger partial charge in [0.05, 0.1) is 0 Å². The van der Waals surface area contributed by atoms with Crippen molar-refractivity contribution >= 4 is 0 Å². The van der Waals surface area contributed by atoms with Gasteiger partial charge >= 0.3 is 0 Å². The summed E-state index contributed by atoms with van der Waals surface area (Å²) in [6.07, 6.45) is 6.97. The predicted octanol–water partition coefficient (Wildman–Crippen LogP) is 5.45. The smallest absolute Gasteiger partial charge is 0.00417 e. The molecule has 0 saturated heterocycles. The maximum absolute atomic E-state index is 2.54. The fourth-order valence-corrected chi connectivity index (χ4v) is 4.79. The highest BCUT2D eigenvalue weighted by molar-refractivity contribution is 5.41. The Kier molecular flexibility index (Phi) is 3.23. The molecule has 3 atom stereocenters. The van der Waals surface area contributed by atoms with Gasteiger partial charge in [-0.1, -0.05) is 58.7 Å². The van der Waals surface area contributed by atoms with Crippen molar-refractivity contribution in [3.8, 4) is 0 Å². The molecule has 0 aliphatic heterocycles. The largest absolute Gasteiger partial charge is 0.0622 e. The average molecular weight is 256 g/mol. The van der Waals surface area contributed by atoms with Crippen molar-refractivity contribution in [1.29, 1.82) is 0 Å². The lowest BCUT2D eigenvalue weighted by Gasteiger charge is -2.49. The van der Waals surface area contributed by atoms with E-state index in [0.717, 1.165) is 11.8 Å². The molecule has 0 bridgehead atoms. The van der Waals surface area contributed by atoms with Crippen molar-refractivity contribution in [2.45, 2.75) is 71.1 Å². The molecule has 2 aliphatic rings. The Labute approximate surface area is 118 Å². The SMILES string of the molecule is CC(C)c1ccc2c(c1)CCC1C(C)CCCC21C. The van der Waals surface area contributed by atoms with Crippen LogP contribution in [-0.4, -0.2) is 0 Å². The summed E-state index contributed by atoms with van der Waals surface area (Å²) >= 11 is 0. The van der Waals surface area contributed by atoms with Crippen LogP contribution in [0.4, 0.5) is 0 Å². The third-order valence-corrected chi connectivity index (χ3v) is 6.00. The minimum atomic E-state index is 0.459. The lowest BCUT2D eigenvalue weighted by atomic mass is 9.55. The van der Waals surface area contributed by atoms with E-state index in [-0.39, 0.29) is 0 Å². The summed E-state index contributed by atoms with van der Waals surface area (Å²) in [6.45, 7) is 9.63. The van der Waals surface area contributed by atoms with Crippen LogP contribution in [0.25, 0.3) is 0 Å². The first kappa shape index (κ1) is 13.2. The van der Waals surface area contributed by atoms with Gasteiger partial charge in [-0.15, -0.1) is 0 Å². The van der Waals surface area contributed by atoms with Gasteiger partial charge in [-0.2, -0.15) is 0 Å². The topological polar surface area (TPSA) is 0 Å². The third-order valence-electron chi connectivity index (χ3n) is 6.00. The molecule has 0 heteroatoms. The molecule has 0 amide bonds. The van der Waals surface area contributed by atoms with Crippen molar-refractivity contribution in [1.82, 2.24) is 0 Å². The molecular formula is C19H28. The number of benzene rings is 1. The van der Waals surface area contributed by atoms with E-state index in [4.69, 9.17) is 0 Å². The Bertz CT molecular complexity index is 471. The number of hydrogen-bond acceptors (Lipinski definition) is 0. The van der Waals surface area contributed by atoms with E-state index in [9.17, 15) is 0 Å². The molecular weight excluding hydrogens is 228 g/mol. The van der Waals surface area contributed by atoms with E-state index >= 15 is 0 Å². The molecule has 2 aliphatic carbocycles. The molecule has 104 valence electrons. The van der Waals surface area contributed by atoms with Gasteiger partial charge in [0.25, 0.3) is 0 Å². The van der Waals surface area contributed by atoms with E-state index in [0.29, 0.717) is 11.3 Å². The van der Waals surface area contributed by atoms with Crippen LogP contribution in [0.5, 0.6) is 0 Å². The van der Waals surface area contributed by atoms with Crippen LogP contribution in [0.3, 0.4) is 0 Å². The number of aryl methyl sites for hydroxylation is 1. The summed E-state index contributed by atoms with van der Waals surface area (Å²) in [5, 5.41) is 0. The molecule has 0 heterocycles. The van der Waals surface area contributed by atoms with Crippen LogP contribution >= 0.6 is 0 Å². The zero-order valence-corrected chi connectivity index (χ0v) is 13.0. The van der Waals surface area contributed by atoms with Crippen molar-refractivity contribution in [2.75, 3.05) is 0 Å². The third kappa shape index (κ3) is 2.04. The Morgan fingerprint density at radius 3 is 2.74 bits per heavy atom. The van der Waals surface area contributed by atoms with E-state index < -0.39 is 0 Å². The molecule has 19 heavy (non-hydrogen) atoms. The molecule has 1 aromatic rings. The summed E-state index contributed by atoms with van der Waals surface area (Å²) < 4.78 is 0. The lowest BCUT2D eigenvalue weighted by Crippen LogP contribution is -2.43. The Balaban J connectivity index is 2.04. The zero-order valence-electron chi connectivity index (χ0n) is 13.0. The molecule has 0 N–H and O–H groups in total. The highest BCUT2D eigenvalue weighted by atomic mass is 14.5. The van der Waals surface area contributed by atoms with Crippen molar-refractivity contribution in [3.63, 3.8) is 0 Å². The van der Waals surface area contributed by atoms with Gasteiger partial charge in [0.2, 0.25) is 0 Å². The molecule has 0 spiro atoms. The zero-order chi connectivity index (χ0) is 13.6. The first-order valence-electron chi connectivity index (χ1n) is 8.15. The van der Waals surface area contributed by atoms with Crippen LogP contribution in [0.2, 0.25) is 0 Å². The fraction of sp³-hybridized carbons (Fsp3) is 0.684. The second-order valence-electron chi connectivity index (χ2n) is 7.50. The van der Waals surface area contributed by atoms with Crippen molar-refractivity contribution in [3.05, 3.63) is 34.9 Å². The maximum Gasteiger partial charge on any atom is -0.00417 e. The van der Waals surface area contributed by atoms with Gasteiger partial charge in [0.1, 0.15) is 0 Å². The van der Waals surface area contributed by atoms with E-state index in [1.807, 2.05) is 0 Å². The number of hydrogen-bond donors (Lipinski definition) is 0. The van der Waals surface area contributed by atoms with Crippen LogP contribution in [0.15, 0.2) is 18.2 Å². The van der Waals surface area contributed by atoms with Crippen LogP contribution < -0.4 is 0 Å². The molecule has 0 nitrogen and oxygen atoms in total. The standard InChI is InChI=1S/C19H28/c1-13(2)15-7-10-18-16(12-15)8-9-17-14(3)6-5-11-19(17,18)4/h7,10,12-14,17H,5-6,8-9,11H2,1-4H3. The van der Waals surface area contributed by atoms with E-state index in [1.165, 1.54) is 37.7 Å². The Hall–Kier alpha value is -0.780. The predicted molar refractivity (Wildman–Crippen MR) is 82.7 cm³/mol. The lowest BCUT2D eigenvalue weighted by molar-refractivity contribution is 0.118. The van der Waals surface area contributed by atoms with Crippen molar-refractivity contribution in [2.24, 2.45) is 11.8 Å². The molecule has 1 fully saturated rings. The number of fused-ring (bicyclic) bond motifs is 3. The van der Waals surface area contributed by atoms with Crippen LogP contribution in [-0.2, 0) is 11.8 Å². The summed E-state index contributed by atoms with van der Waals surface area (Å²) in [6, 6.07) is 7.35. The second kappa shape index (κ2) is 4.65. The Morgan fingerprint density at radius 2 is 2.00 bits per heavy atom. The highest BCUT2D eigenvalue weighted by Gasteiger charge is 2.44. The molecule has 3 rings (SSSR count). The van der Waals surface area contributed by atoms with Crippen LogP contribution in [0, 0.1) is 11.8 Å². The minimum Gasteiger partial charge on any atom is -0.0622 e. The molecule has 1 saturated carbocycles. The van der Waals surface area contributed by atoms with Gasteiger partial charge in [-0.3, -0.25) is 0 Å². The molecule has 0 radical (unpaired) electrons. The van der Waals surface area contributed by atoms with E-state index in [1.54, 1.807) is 11.1 Å². The molecule has 1 aromatic carbocycles. The van der Waals surface area contributed by atoms with E-state index in [2.05, 4.69) is 45.9 Å². The second-order valence-corrected chi connectivity index (χ2v) is 7.50. The molecule has 0 aromatic heterocycles. The van der Waals surface area contributed by atoms with Gasteiger partial charge in [0.15, 0.2) is 0 Å². The Morgan fingerprint density at radius 1 is 1.21 bits per heavy atom. The summed E-state index contributed by atoms with van der Waals surface area (Å²) in [4.78, 5) is 0. The van der Waals surface area contributed by atoms with Gasteiger partial charge in [0, 0.05) is 0 Å². The van der Waals surface area contributed by atoms with Gasteiger partial charge in [-0.25, -0.2) is 0 Å². The van der Waals surface area contributed by atoms with Gasteiger partial charge < -0.3 is 0 Å². The summed E-state index contributed by atoms with van der Waals surface area (Å²) in [5.41, 5.74) is 5.31. The maximum atomic E-state index is 2.54. The number of rotatable bonds is 1.